The van der Waals surface area contributed by atoms with Gasteiger partial charge in [0.25, 0.3) is 5.69 Å². The lowest BCUT2D eigenvalue weighted by Crippen LogP contribution is -2.40. The Morgan fingerprint density at radius 3 is 2.52 bits per heavy atom. The fourth-order valence-electron chi connectivity index (χ4n) is 2.62. The first-order valence-corrected chi connectivity index (χ1v) is 9.83. The third-order valence-electron chi connectivity index (χ3n) is 4.12. The number of rotatable bonds is 6. The molecule has 1 aliphatic rings. The van der Waals surface area contributed by atoms with Crippen LogP contribution >= 0.6 is 0 Å². The molecule has 2 aromatic carbocycles. The molecule has 0 bridgehead atoms. The number of ether oxygens (including phenoxy) is 1. The molecule has 3 rings (SSSR count). The Hall–Kier alpha value is -2.96. The second-order valence-electron chi connectivity index (χ2n) is 6.00. The number of halogens is 2. The highest BCUT2D eigenvalue weighted by Crippen LogP contribution is 2.29. The molecule has 1 aliphatic heterocycles. The molecule has 1 heterocycles. The summed E-state index contributed by atoms with van der Waals surface area (Å²) in [5.41, 5.74) is 2.09. The summed E-state index contributed by atoms with van der Waals surface area (Å²) < 4.78 is 57.8. The molecular weight excluding hydrogens is 410 g/mol. The molecule has 0 aromatic heterocycles. The molecular formula is C17H16F2N4O5S. The summed E-state index contributed by atoms with van der Waals surface area (Å²) >= 11 is 0. The maximum atomic E-state index is 13.2. The first-order valence-electron chi connectivity index (χ1n) is 8.39. The number of anilines is 1. The lowest BCUT2D eigenvalue weighted by Gasteiger charge is -2.26. The second kappa shape index (κ2) is 8.59. The van der Waals surface area contributed by atoms with E-state index in [1.54, 1.807) is 0 Å². The van der Waals surface area contributed by atoms with Crippen molar-refractivity contribution in [3.63, 3.8) is 0 Å². The Morgan fingerprint density at radius 2 is 1.86 bits per heavy atom. The van der Waals surface area contributed by atoms with E-state index in [1.807, 2.05) is 0 Å². The van der Waals surface area contributed by atoms with Gasteiger partial charge in [-0.1, -0.05) is 6.07 Å². The van der Waals surface area contributed by atoms with Gasteiger partial charge < -0.3 is 4.74 Å². The SMILES string of the molecule is O=[N+]([O-])c1cc(S(=O)(=O)N2CCOCC2)ccc1N/N=C/c1ccc(F)c(F)c1. The number of hydrogen-bond donors (Lipinski definition) is 1. The van der Waals surface area contributed by atoms with Gasteiger partial charge in [0.1, 0.15) is 5.69 Å². The van der Waals surface area contributed by atoms with E-state index in [2.05, 4.69) is 10.5 Å². The van der Waals surface area contributed by atoms with Crippen molar-refractivity contribution in [2.45, 2.75) is 4.90 Å². The maximum absolute atomic E-state index is 13.2. The molecule has 29 heavy (non-hydrogen) atoms. The fourth-order valence-corrected chi connectivity index (χ4v) is 4.05. The number of nitro benzene ring substituents is 1. The fraction of sp³-hybridized carbons (Fsp3) is 0.235. The topological polar surface area (TPSA) is 114 Å². The molecule has 12 heteroatoms. The third kappa shape index (κ3) is 4.72. The van der Waals surface area contributed by atoms with Crippen LogP contribution in [-0.4, -0.2) is 50.2 Å². The minimum atomic E-state index is -3.90. The van der Waals surface area contributed by atoms with Crippen LogP contribution in [0.15, 0.2) is 46.4 Å². The first kappa shape index (κ1) is 20.8. The van der Waals surface area contributed by atoms with E-state index in [1.165, 1.54) is 22.5 Å². The van der Waals surface area contributed by atoms with Gasteiger partial charge in [-0.25, -0.2) is 17.2 Å². The van der Waals surface area contributed by atoms with Crippen LogP contribution in [0, 0.1) is 21.7 Å². The van der Waals surface area contributed by atoms with Gasteiger partial charge in [0.05, 0.1) is 29.2 Å². The molecule has 1 saturated heterocycles. The van der Waals surface area contributed by atoms with Crippen molar-refractivity contribution in [1.82, 2.24) is 4.31 Å². The summed E-state index contributed by atoms with van der Waals surface area (Å²) in [6.07, 6.45) is 1.14. The summed E-state index contributed by atoms with van der Waals surface area (Å²) in [7, 11) is -3.90. The van der Waals surface area contributed by atoms with Gasteiger partial charge in [0.2, 0.25) is 10.0 Å². The lowest BCUT2D eigenvalue weighted by atomic mass is 10.2. The summed E-state index contributed by atoms with van der Waals surface area (Å²) in [5.74, 6) is -2.07. The smallest absolute Gasteiger partial charge is 0.295 e. The van der Waals surface area contributed by atoms with Crippen molar-refractivity contribution in [3.8, 4) is 0 Å². The Balaban J connectivity index is 1.83. The number of hydrogen-bond acceptors (Lipinski definition) is 7. The van der Waals surface area contributed by atoms with Crippen LogP contribution in [0.3, 0.4) is 0 Å². The predicted octanol–water partition coefficient (Wildman–Crippen LogP) is 2.34. The molecule has 0 radical (unpaired) electrons. The minimum Gasteiger partial charge on any atom is -0.379 e. The van der Waals surface area contributed by atoms with Crippen molar-refractivity contribution < 1.29 is 26.9 Å². The Kier molecular flexibility index (Phi) is 6.15. The van der Waals surface area contributed by atoms with E-state index < -0.39 is 32.3 Å². The van der Waals surface area contributed by atoms with Crippen molar-refractivity contribution in [1.29, 1.82) is 0 Å². The molecule has 1 N–H and O–H groups in total. The molecule has 154 valence electrons. The molecule has 0 atom stereocenters. The number of nitrogens with one attached hydrogen (secondary N) is 1. The largest absolute Gasteiger partial charge is 0.379 e. The standard InChI is InChI=1S/C17H16F2N4O5S/c18-14-3-1-12(9-15(14)19)11-20-21-16-4-2-13(10-17(16)23(24)25)29(26,27)22-5-7-28-8-6-22/h1-4,9-11,21H,5-8H2/b20-11+. The summed E-state index contributed by atoms with van der Waals surface area (Å²) in [6.45, 7) is 0.822. The van der Waals surface area contributed by atoms with Crippen LogP contribution < -0.4 is 5.43 Å². The highest BCUT2D eigenvalue weighted by Gasteiger charge is 2.28. The average molecular weight is 426 g/mol. The summed E-state index contributed by atoms with van der Waals surface area (Å²) in [6, 6.07) is 6.49. The first-order chi connectivity index (χ1) is 13.8. The minimum absolute atomic E-state index is 0.0604. The van der Waals surface area contributed by atoms with Crippen LogP contribution in [0.5, 0.6) is 0 Å². The predicted molar refractivity (Wildman–Crippen MR) is 100 cm³/mol. The van der Waals surface area contributed by atoms with Gasteiger partial charge in [-0.15, -0.1) is 0 Å². The number of morpholine rings is 1. The van der Waals surface area contributed by atoms with E-state index >= 15 is 0 Å². The number of benzene rings is 2. The Labute approximate surface area is 164 Å². The normalized spacial score (nSPS) is 15.5. The Morgan fingerprint density at radius 1 is 1.14 bits per heavy atom. The average Bonchev–Trinajstić information content (AvgIpc) is 2.71. The number of nitrogens with zero attached hydrogens (tertiary/aromatic N) is 3. The molecule has 2 aromatic rings. The molecule has 0 unspecified atom stereocenters. The van der Waals surface area contributed by atoms with Gasteiger partial charge in [-0.3, -0.25) is 15.5 Å². The highest BCUT2D eigenvalue weighted by atomic mass is 32.2. The molecule has 0 saturated carbocycles. The van der Waals surface area contributed by atoms with Gasteiger partial charge in [-0.2, -0.15) is 9.41 Å². The number of sulfonamides is 1. The molecule has 0 aliphatic carbocycles. The zero-order valence-corrected chi connectivity index (χ0v) is 15.7. The van der Waals surface area contributed by atoms with E-state index in [-0.39, 0.29) is 42.4 Å². The van der Waals surface area contributed by atoms with Crippen LogP contribution in [-0.2, 0) is 14.8 Å². The highest BCUT2D eigenvalue weighted by molar-refractivity contribution is 7.89. The van der Waals surface area contributed by atoms with E-state index in [9.17, 15) is 27.3 Å². The number of hydrazone groups is 1. The van der Waals surface area contributed by atoms with Gasteiger partial charge in [0.15, 0.2) is 11.6 Å². The molecule has 0 amide bonds. The van der Waals surface area contributed by atoms with Crippen LogP contribution in [0.2, 0.25) is 0 Å². The lowest BCUT2D eigenvalue weighted by molar-refractivity contribution is -0.384. The quantitative estimate of drug-likeness (QED) is 0.431. The molecule has 1 fully saturated rings. The van der Waals surface area contributed by atoms with Crippen molar-refractivity contribution in [3.05, 3.63) is 63.7 Å². The van der Waals surface area contributed by atoms with Gasteiger partial charge in [-0.05, 0) is 29.8 Å². The van der Waals surface area contributed by atoms with E-state index in [0.29, 0.717) is 0 Å². The van der Waals surface area contributed by atoms with Gasteiger partial charge in [0, 0.05) is 19.2 Å². The third-order valence-corrected chi connectivity index (χ3v) is 6.01. The number of nitro groups is 1. The maximum Gasteiger partial charge on any atom is 0.295 e. The van der Waals surface area contributed by atoms with Crippen molar-refractivity contribution in [2.75, 3.05) is 31.7 Å². The monoisotopic (exact) mass is 426 g/mol. The zero-order chi connectivity index (χ0) is 21.0. The van der Waals surface area contributed by atoms with Crippen LogP contribution in [0.25, 0.3) is 0 Å². The molecule has 0 spiro atoms. The van der Waals surface area contributed by atoms with Gasteiger partial charge >= 0.3 is 0 Å². The van der Waals surface area contributed by atoms with Crippen LogP contribution in [0.1, 0.15) is 5.56 Å². The molecule has 9 nitrogen and oxygen atoms in total. The summed E-state index contributed by atoms with van der Waals surface area (Å²) in [5, 5.41) is 15.1. The van der Waals surface area contributed by atoms with Crippen molar-refractivity contribution in [2.24, 2.45) is 5.10 Å². The van der Waals surface area contributed by atoms with E-state index in [0.717, 1.165) is 24.4 Å². The van der Waals surface area contributed by atoms with Crippen molar-refractivity contribution >= 4 is 27.6 Å². The zero-order valence-electron chi connectivity index (χ0n) is 14.9. The van der Waals surface area contributed by atoms with E-state index in [4.69, 9.17) is 4.74 Å². The second-order valence-corrected chi connectivity index (χ2v) is 7.93. The Bertz CT molecular complexity index is 1060. The summed E-state index contributed by atoms with van der Waals surface area (Å²) in [4.78, 5) is 10.4. The van der Waals surface area contributed by atoms with Crippen LogP contribution in [0.4, 0.5) is 20.2 Å².